The molecule has 0 spiro atoms. The summed E-state index contributed by atoms with van der Waals surface area (Å²) in [6, 6.07) is 1.89. The number of furan rings is 1. The molecule has 1 fully saturated rings. The van der Waals surface area contributed by atoms with Gasteiger partial charge in [-0.2, -0.15) is 0 Å². The Morgan fingerprint density at radius 3 is 2.74 bits per heavy atom. The highest BCUT2D eigenvalue weighted by atomic mass is 79.9. The second-order valence-corrected chi connectivity index (χ2v) is 5.63. The fourth-order valence-electron chi connectivity index (χ4n) is 2.62. The van der Waals surface area contributed by atoms with Gasteiger partial charge in [0, 0.05) is 13.0 Å². The Kier molecular flexibility index (Phi) is 3.55. The Morgan fingerprint density at radius 2 is 2.11 bits per heavy atom. The van der Waals surface area contributed by atoms with E-state index in [0.29, 0.717) is 5.92 Å². The summed E-state index contributed by atoms with van der Waals surface area (Å²) in [7, 11) is 1.88. The van der Waals surface area contributed by atoms with Gasteiger partial charge in [0.05, 0.1) is 22.0 Å². The van der Waals surface area contributed by atoms with Gasteiger partial charge in [-0.3, -0.25) is 0 Å². The van der Waals surface area contributed by atoms with Crippen LogP contribution in [0.25, 0.3) is 11.4 Å². The van der Waals surface area contributed by atoms with Gasteiger partial charge in [-0.05, 0) is 34.8 Å². The number of aromatic nitrogens is 2. The molecule has 1 saturated carbocycles. The molecule has 0 radical (unpaired) electrons. The van der Waals surface area contributed by atoms with Gasteiger partial charge in [0.25, 0.3) is 0 Å². The zero-order valence-electron chi connectivity index (χ0n) is 10.8. The molecule has 0 aliphatic heterocycles. The van der Waals surface area contributed by atoms with Crippen LogP contribution in [0, 0.1) is 0 Å². The van der Waals surface area contributed by atoms with Crippen LogP contribution in [-0.4, -0.2) is 17.0 Å². The van der Waals surface area contributed by atoms with E-state index < -0.39 is 0 Å². The molecule has 0 unspecified atom stereocenters. The van der Waals surface area contributed by atoms with Gasteiger partial charge in [0.15, 0.2) is 5.82 Å². The molecular weight excluding hydrogens is 306 g/mol. The summed E-state index contributed by atoms with van der Waals surface area (Å²) >= 11 is 3.64. The van der Waals surface area contributed by atoms with E-state index in [-0.39, 0.29) is 0 Å². The van der Waals surface area contributed by atoms with Crippen molar-refractivity contribution in [1.29, 1.82) is 0 Å². The second-order valence-electron chi connectivity index (χ2n) is 4.84. The molecule has 2 aromatic heterocycles. The summed E-state index contributed by atoms with van der Waals surface area (Å²) in [6.45, 7) is 0. The largest absolute Gasteiger partial charge is 0.472 e. The molecule has 0 amide bonds. The number of halogens is 1. The van der Waals surface area contributed by atoms with Crippen molar-refractivity contribution >= 4 is 21.7 Å². The van der Waals surface area contributed by atoms with Crippen LogP contribution in [0.2, 0.25) is 0 Å². The van der Waals surface area contributed by atoms with Gasteiger partial charge in [0.1, 0.15) is 12.1 Å². The van der Waals surface area contributed by atoms with Crippen LogP contribution in [0.1, 0.15) is 37.3 Å². The van der Waals surface area contributed by atoms with Crippen LogP contribution < -0.4 is 5.32 Å². The van der Waals surface area contributed by atoms with Crippen molar-refractivity contribution in [1.82, 2.24) is 9.97 Å². The van der Waals surface area contributed by atoms with Gasteiger partial charge in [-0.15, -0.1) is 0 Å². The zero-order valence-corrected chi connectivity index (χ0v) is 12.4. The maximum absolute atomic E-state index is 5.13. The average Bonchev–Trinajstić information content (AvgIpc) is 3.12. The number of anilines is 1. The third-order valence-corrected chi connectivity index (χ3v) is 4.42. The molecule has 5 heteroatoms. The van der Waals surface area contributed by atoms with Gasteiger partial charge in [-0.25, -0.2) is 9.97 Å². The van der Waals surface area contributed by atoms with Crippen molar-refractivity contribution in [2.75, 3.05) is 12.4 Å². The Balaban J connectivity index is 2.09. The molecule has 2 aromatic rings. The first kappa shape index (κ1) is 12.7. The summed E-state index contributed by atoms with van der Waals surface area (Å²) in [6.07, 6.45) is 8.33. The van der Waals surface area contributed by atoms with Crippen LogP contribution in [0.4, 0.5) is 5.82 Å². The maximum Gasteiger partial charge on any atom is 0.165 e. The predicted molar refractivity (Wildman–Crippen MR) is 78.2 cm³/mol. The third kappa shape index (κ3) is 2.39. The highest BCUT2D eigenvalue weighted by Crippen LogP contribution is 2.39. The van der Waals surface area contributed by atoms with Crippen LogP contribution in [0.15, 0.2) is 27.5 Å². The van der Waals surface area contributed by atoms with E-state index in [1.54, 1.807) is 12.5 Å². The first-order chi connectivity index (χ1) is 9.29. The lowest BCUT2D eigenvalue weighted by Gasteiger charge is -2.14. The summed E-state index contributed by atoms with van der Waals surface area (Å²) in [5, 5.41) is 3.13. The van der Waals surface area contributed by atoms with E-state index >= 15 is 0 Å². The molecule has 0 atom stereocenters. The molecule has 0 saturated heterocycles. The summed E-state index contributed by atoms with van der Waals surface area (Å²) < 4.78 is 6.12. The number of rotatable bonds is 3. The summed E-state index contributed by atoms with van der Waals surface area (Å²) in [5.74, 6) is 2.10. The van der Waals surface area contributed by atoms with Gasteiger partial charge in [0.2, 0.25) is 0 Å². The SMILES string of the molecule is CNc1nc(-c2ccoc2)nc(C2CCCC2)c1Br. The molecule has 3 rings (SSSR count). The Labute approximate surface area is 120 Å². The Hall–Kier alpha value is -1.36. The highest BCUT2D eigenvalue weighted by Gasteiger charge is 2.24. The lowest BCUT2D eigenvalue weighted by Crippen LogP contribution is -2.05. The Morgan fingerprint density at radius 1 is 1.32 bits per heavy atom. The van der Waals surface area contributed by atoms with Crippen LogP contribution in [0.3, 0.4) is 0 Å². The van der Waals surface area contributed by atoms with E-state index in [0.717, 1.165) is 27.4 Å². The summed E-state index contributed by atoms with van der Waals surface area (Å²) in [4.78, 5) is 9.28. The quantitative estimate of drug-likeness (QED) is 0.920. The van der Waals surface area contributed by atoms with E-state index in [9.17, 15) is 0 Å². The van der Waals surface area contributed by atoms with E-state index in [2.05, 4.69) is 26.2 Å². The van der Waals surface area contributed by atoms with Crippen LogP contribution in [0.5, 0.6) is 0 Å². The van der Waals surface area contributed by atoms with Crippen LogP contribution in [-0.2, 0) is 0 Å². The van der Waals surface area contributed by atoms with E-state index in [1.807, 2.05) is 13.1 Å². The molecule has 4 nitrogen and oxygen atoms in total. The molecule has 0 aromatic carbocycles. The first-order valence-electron chi connectivity index (χ1n) is 6.57. The fraction of sp³-hybridized carbons (Fsp3) is 0.429. The predicted octanol–water partition coefficient (Wildman–Crippen LogP) is 4.20. The lowest BCUT2D eigenvalue weighted by atomic mass is 10.0. The third-order valence-electron chi connectivity index (χ3n) is 3.63. The summed E-state index contributed by atoms with van der Waals surface area (Å²) in [5.41, 5.74) is 2.04. The minimum Gasteiger partial charge on any atom is -0.472 e. The van der Waals surface area contributed by atoms with Crippen LogP contribution >= 0.6 is 15.9 Å². The molecule has 19 heavy (non-hydrogen) atoms. The molecule has 2 heterocycles. The molecule has 1 aliphatic rings. The van der Waals surface area contributed by atoms with Gasteiger partial charge >= 0.3 is 0 Å². The zero-order chi connectivity index (χ0) is 13.2. The van der Waals surface area contributed by atoms with Crippen molar-refractivity contribution in [3.8, 4) is 11.4 Å². The standard InChI is InChI=1S/C14H16BrN3O/c1-16-14-11(15)12(9-4-2-3-5-9)17-13(18-14)10-6-7-19-8-10/h6-9H,2-5H2,1H3,(H,16,17,18). The van der Waals surface area contributed by atoms with E-state index in [4.69, 9.17) is 9.40 Å². The lowest BCUT2D eigenvalue weighted by molar-refractivity contribution is 0.568. The molecule has 1 aliphatic carbocycles. The molecule has 1 N–H and O–H groups in total. The minimum absolute atomic E-state index is 0.537. The number of hydrogen-bond acceptors (Lipinski definition) is 4. The number of hydrogen-bond donors (Lipinski definition) is 1. The Bertz CT molecular complexity index is 562. The molecule has 100 valence electrons. The molecule has 0 bridgehead atoms. The van der Waals surface area contributed by atoms with Gasteiger partial charge in [-0.1, -0.05) is 12.8 Å². The monoisotopic (exact) mass is 321 g/mol. The van der Waals surface area contributed by atoms with Crippen molar-refractivity contribution in [3.63, 3.8) is 0 Å². The van der Waals surface area contributed by atoms with E-state index in [1.165, 1.54) is 25.7 Å². The normalized spacial score (nSPS) is 15.9. The minimum atomic E-state index is 0.537. The topological polar surface area (TPSA) is 51.0 Å². The maximum atomic E-state index is 5.13. The first-order valence-corrected chi connectivity index (χ1v) is 7.36. The van der Waals surface area contributed by atoms with Crippen molar-refractivity contribution in [2.24, 2.45) is 0 Å². The number of nitrogens with zero attached hydrogens (tertiary/aromatic N) is 2. The molecular formula is C14H16BrN3O. The van der Waals surface area contributed by atoms with Gasteiger partial charge < -0.3 is 9.73 Å². The fourth-order valence-corrected chi connectivity index (χ4v) is 3.32. The second kappa shape index (κ2) is 5.33. The average molecular weight is 322 g/mol. The number of nitrogens with one attached hydrogen (secondary N) is 1. The van der Waals surface area contributed by atoms with Crippen molar-refractivity contribution in [2.45, 2.75) is 31.6 Å². The highest BCUT2D eigenvalue weighted by molar-refractivity contribution is 9.10. The van der Waals surface area contributed by atoms with Crippen molar-refractivity contribution in [3.05, 3.63) is 28.8 Å². The van der Waals surface area contributed by atoms with Crippen molar-refractivity contribution < 1.29 is 4.42 Å². The smallest absolute Gasteiger partial charge is 0.165 e.